The molecule has 3 rings (SSSR count). The number of amides is 1. The van der Waals surface area contributed by atoms with E-state index in [1.807, 2.05) is 6.92 Å². The molecule has 1 fully saturated rings. The molecule has 1 aromatic rings. The molecular formula is C15H20N2O5S. The van der Waals surface area contributed by atoms with E-state index in [0.717, 1.165) is 0 Å². The molecule has 0 saturated carbocycles. The second-order valence-electron chi connectivity index (χ2n) is 5.59. The van der Waals surface area contributed by atoms with E-state index in [-0.39, 0.29) is 23.5 Å². The third-order valence-corrected chi connectivity index (χ3v) is 6.05. The van der Waals surface area contributed by atoms with Gasteiger partial charge in [0, 0.05) is 31.6 Å². The van der Waals surface area contributed by atoms with E-state index >= 15 is 0 Å². The summed E-state index contributed by atoms with van der Waals surface area (Å²) in [5, 5.41) is 2.79. The summed E-state index contributed by atoms with van der Waals surface area (Å²) in [5.41, 5.74) is 0. The molecule has 0 aliphatic carbocycles. The van der Waals surface area contributed by atoms with Gasteiger partial charge >= 0.3 is 0 Å². The minimum Gasteiger partial charge on any atom is -0.454 e. The maximum atomic E-state index is 12.7. The Kier molecular flexibility index (Phi) is 4.45. The smallest absolute Gasteiger partial charge is 0.243 e. The van der Waals surface area contributed by atoms with E-state index in [0.29, 0.717) is 44.0 Å². The summed E-state index contributed by atoms with van der Waals surface area (Å²) in [7, 11) is -3.58. The number of benzene rings is 1. The summed E-state index contributed by atoms with van der Waals surface area (Å²) >= 11 is 0. The molecule has 0 bridgehead atoms. The van der Waals surface area contributed by atoms with Crippen LogP contribution < -0.4 is 14.8 Å². The van der Waals surface area contributed by atoms with Crippen LogP contribution in [-0.2, 0) is 14.8 Å². The number of carbonyl (C=O) groups excluding carboxylic acids is 1. The highest BCUT2D eigenvalue weighted by Gasteiger charge is 2.32. The molecule has 0 unspecified atom stereocenters. The van der Waals surface area contributed by atoms with Crippen LogP contribution in [0.2, 0.25) is 0 Å². The van der Waals surface area contributed by atoms with E-state index in [4.69, 9.17) is 9.47 Å². The first-order valence-electron chi connectivity index (χ1n) is 7.70. The van der Waals surface area contributed by atoms with Crippen molar-refractivity contribution in [1.82, 2.24) is 9.62 Å². The molecule has 0 spiro atoms. The van der Waals surface area contributed by atoms with Crippen LogP contribution in [-0.4, -0.2) is 45.1 Å². The van der Waals surface area contributed by atoms with Gasteiger partial charge in [0.15, 0.2) is 11.5 Å². The fourth-order valence-electron chi connectivity index (χ4n) is 2.86. The van der Waals surface area contributed by atoms with Crippen molar-refractivity contribution in [3.63, 3.8) is 0 Å². The van der Waals surface area contributed by atoms with Crippen molar-refractivity contribution >= 4 is 15.9 Å². The van der Waals surface area contributed by atoms with Crippen molar-refractivity contribution in [2.75, 3.05) is 26.4 Å². The number of piperidine rings is 1. The zero-order valence-corrected chi connectivity index (χ0v) is 13.8. The van der Waals surface area contributed by atoms with E-state index < -0.39 is 10.0 Å². The first kappa shape index (κ1) is 16.1. The number of carbonyl (C=O) groups is 1. The van der Waals surface area contributed by atoms with Gasteiger partial charge in [-0.25, -0.2) is 8.42 Å². The first-order chi connectivity index (χ1) is 11.0. The molecule has 1 aromatic carbocycles. The highest BCUT2D eigenvalue weighted by Crippen LogP contribution is 2.35. The number of nitrogens with one attached hydrogen (secondary N) is 1. The SMILES string of the molecule is CCNC(=O)C1CCN(S(=O)(=O)c2ccc3c(c2)OCO3)CC1. The average molecular weight is 340 g/mol. The Labute approximate surface area is 135 Å². The molecule has 8 heteroatoms. The van der Waals surface area contributed by atoms with Gasteiger partial charge in [-0.2, -0.15) is 4.31 Å². The zero-order chi connectivity index (χ0) is 16.4. The lowest BCUT2D eigenvalue weighted by atomic mass is 9.97. The van der Waals surface area contributed by atoms with Crippen LogP contribution in [0.1, 0.15) is 19.8 Å². The second kappa shape index (κ2) is 6.37. The van der Waals surface area contributed by atoms with Crippen molar-refractivity contribution in [2.24, 2.45) is 5.92 Å². The summed E-state index contributed by atoms with van der Waals surface area (Å²) in [5.74, 6) is 0.896. The van der Waals surface area contributed by atoms with Gasteiger partial charge < -0.3 is 14.8 Å². The van der Waals surface area contributed by atoms with Gasteiger partial charge in [0.1, 0.15) is 0 Å². The molecule has 1 N–H and O–H groups in total. The molecule has 1 amide bonds. The summed E-state index contributed by atoms with van der Waals surface area (Å²) in [6.45, 7) is 3.26. The Morgan fingerprint density at radius 3 is 2.65 bits per heavy atom. The standard InChI is InChI=1S/C15H20N2O5S/c1-2-16-15(18)11-5-7-17(8-6-11)23(19,20)12-3-4-13-14(9-12)22-10-21-13/h3-4,9,11H,2,5-8,10H2,1H3,(H,16,18). The Bertz CT molecular complexity index is 696. The third-order valence-electron chi connectivity index (χ3n) is 4.16. The van der Waals surface area contributed by atoms with Crippen LogP contribution in [0.5, 0.6) is 11.5 Å². The maximum Gasteiger partial charge on any atom is 0.243 e. The van der Waals surface area contributed by atoms with E-state index in [1.54, 1.807) is 6.07 Å². The molecular weight excluding hydrogens is 320 g/mol. The highest BCUT2D eigenvalue weighted by atomic mass is 32.2. The monoisotopic (exact) mass is 340 g/mol. The summed E-state index contributed by atoms with van der Waals surface area (Å²) in [4.78, 5) is 12.0. The van der Waals surface area contributed by atoms with Crippen LogP contribution in [0.15, 0.2) is 23.1 Å². The molecule has 23 heavy (non-hydrogen) atoms. The molecule has 2 heterocycles. The summed E-state index contributed by atoms with van der Waals surface area (Å²) in [6, 6.07) is 4.63. The highest BCUT2D eigenvalue weighted by molar-refractivity contribution is 7.89. The Morgan fingerprint density at radius 2 is 1.96 bits per heavy atom. The van der Waals surface area contributed by atoms with E-state index in [2.05, 4.69) is 5.32 Å². The Balaban J connectivity index is 1.71. The van der Waals surface area contributed by atoms with Gasteiger partial charge in [0.2, 0.25) is 22.7 Å². The Hall–Kier alpha value is -1.80. The number of fused-ring (bicyclic) bond motifs is 1. The van der Waals surface area contributed by atoms with Crippen LogP contribution >= 0.6 is 0 Å². The van der Waals surface area contributed by atoms with Gasteiger partial charge in [-0.1, -0.05) is 0 Å². The first-order valence-corrected chi connectivity index (χ1v) is 9.14. The Morgan fingerprint density at radius 1 is 1.26 bits per heavy atom. The maximum absolute atomic E-state index is 12.7. The van der Waals surface area contributed by atoms with Gasteiger partial charge in [-0.05, 0) is 31.9 Å². The van der Waals surface area contributed by atoms with Crippen LogP contribution in [0, 0.1) is 5.92 Å². The molecule has 0 atom stereocenters. The summed E-state index contributed by atoms with van der Waals surface area (Å²) < 4.78 is 37.3. The lowest BCUT2D eigenvalue weighted by Gasteiger charge is -2.30. The number of nitrogens with zero attached hydrogens (tertiary/aromatic N) is 1. The van der Waals surface area contributed by atoms with E-state index in [9.17, 15) is 13.2 Å². The molecule has 1 saturated heterocycles. The lowest BCUT2D eigenvalue weighted by molar-refractivity contribution is -0.126. The van der Waals surface area contributed by atoms with Crippen LogP contribution in [0.4, 0.5) is 0 Å². The van der Waals surface area contributed by atoms with Crippen LogP contribution in [0.25, 0.3) is 0 Å². The second-order valence-corrected chi connectivity index (χ2v) is 7.53. The quantitative estimate of drug-likeness (QED) is 0.882. The molecule has 126 valence electrons. The fraction of sp³-hybridized carbons (Fsp3) is 0.533. The van der Waals surface area contributed by atoms with Crippen molar-refractivity contribution in [3.05, 3.63) is 18.2 Å². The normalized spacial score (nSPS) is 18.8. The van der Waals surface area contributed by atoms with Gasteiger partial charge in [-0.3, -0.25) is 4.79 Å². The minimum atomic E-state index is -3.58. The third kappa shape index (κ3) is 3.13. The van der Waals surface area contributed by atoms with Gasteiger partial charge in [0.25, 0.3) is 0 Å². The lowest BCUT2D eigenvalue weighted by Crippen LogP contribution is -2.42. The fourth-order valence-corrected chi connectivity index (χ4v) is 4.35. The largest absolute Gasteiger partial charge is 0.454 e. The topological polar surface area (TPSA) is 84.9 Å². The van der Waals surface area contributed by atoms with Crippen molar-refractivity contribution in [1.29, 1.82) is 0 Å². The van der Waals surface area contributed by atoms with Gasteiger partial charge in [-0.15, -0.1) is 0 Å². The minimum absolute atomic E-state index is 0.00706. The average Bonchev–Trinajstić information content (AvgIpc) is 3.03. The number of rotatable bonds is 4. The molecule has 2 aliphatic heterocycles. The van der Waals surface area contributed by atoms with Crippen molar-refractivity contribution in [2.45, 2.75) is 24.7 Å². The molecule has 7 nitrogen and oxygen atoms in total. The molecule has 0 aromatic heterocycles. The number of ether oxygens (including phenoxy) is 2. The van der Waals surface area contributed by atoms with Crippen molar-refractivity contribution in [3.8, 4) is 11.5 Å². The number of hydrogen-bond acceptors (Lipinski definition) is 5. The van der Waals surface area contributed by atoms with Crippen LogP contribution in [0.3, 0.4) is 0 Å². The summed E-state index contributed by atoms with van der Waals surface area (Å²) in [6.07, 6.45) is 1.07. The zero-order valence-electron chi connectivity index (χ0n) is 12.9. The predicted octanol–water partition coefficient (Wildman–Crippen LogP) is 0.952. The molecule has 2 aliphatic rings. The number of hydrogen-bond donors (Lipinski definition) is 1. The number of sulfonamides is 1. The van der Waals surface area contributed by atoms with E-state index in [1.165, 1.54) is 16.4 Å². The van der Waals surface area contributed by atoms with Gasteiger partial charge in [0.05, 0.1) is 4.90 Å². The van der Waals surface area contributed by atoms with Crippen molar-refractivity contribution < 1.29 is 22.7 Å². The molecule has 0 radical (unpaired) electrons. The predicted molar refractivity (Wildman–Crippen MR) is 82.7 cm³/mol.